The molecule has 1 N–H and O–H groups in total. The number of rotatable bonds is 7. The minimum atomic E-state index is -0.222. The number of piperidine rings is 1. The van der Waals surface area contributed by atoms with Gasteiger partial charge in [0, 0.05) is 52.4 Å². The van der Waals surface area contributed by atoms with Crippen LogP contribution in [0, 0.1) is 0 Å². The number of nitrogens with zero attached hydrogens (tertiary/aromatic N) is 4. The van der Waals surface area contributed by atoms with Crippen molar-refractivity contribution in [2.24, 2.45) is 0 Å². The van der Waals surface area contributed by atoms with E-state index in [0.717, 1.165) is 52.4 Å². The van der Waals surface area contributed by atoms with Crippen LogP contribution in [0.25, 0.3) is 0 Å². The maximum Gasteiger partial charge on any atom is 0.0793 e. The normalized spacial score (nSPS) is 24.6. The van der Waals surface area contributed by atoms with Gasteiger partial charge >= 0.3 is 0 Å². The van der Waals surface area contributed by atoms with Crippen LogP contribution in [0.5, 0.6) is 0 Å². The molecule has 1 atom stereocenters. The maximum absolute atomic E-state index is 10.3. The topological polar surface area (TPSA) is 33.2 Å². The molecule has 0 spiro atoms. The monoisotopic (exact) mass is 298 g/mol. The highest BCUT2D eigenvalue weighted by Crippen LogP contribution is 2.08. The van der Waals surface area contributed by atoms with Crippen LogP contribution in [-0.2, 0) is 0 Å². The fourth-order valence-electron chi connectivity index (χ4n) is 3.33. The summed E-state index contributed by atoms with van der Waals surface area (Å²) in [5, 5.41) is 10.3. The molecule has 0 radical (unpaired) electrons. The van der Waals surface area contributed by atoms with Gasteiger partial charge in [-0.25, -0.2) is 0 Å². The Morgan fingerprint density at radius 2 is 1.62 bits per heavy atom. The minimum absolute atomic E-state index is 0.222. The molecular weight excluding hydrogens is 264 g/mol. The summed E-state index contributed by atoms with van der Waals surface area (Å²) in [6.45, 7) is 10.8. The number of hydrogen-bond donors (Lipinski definition) is 1. The number of aliphatic hydroxyl groups is 1. The summed E-state index contributed by atoms with van der Waals surface area (Å²) >= 11 is 0. The SMILES string of the molecule is CN1CCN(CC(O)CN(C)CCN2CCCCC2)CC1. The van der Waals surface area contributed by atoms with Gasteiger partial charge in [-0.05, 0) is 40.0 Å². The number of likely N-dealkylation sites (tertiary alicyclic amines) is 1. The van der Waals surface area contributed by atoms with Gasteiger partial charge in [0.1, 0.15) is 0 Å². The summed E-state index contributed by atoms with van der Waals surface area (Å²) in [5.74, 6) is 0. The lowest BCUT2D eigenvalue weighted by molar-refractivity contribution is 0.0581. The van der Waals surface area contributed by atoms with E-state index in [0.29, 0.717) is 0 Å². The Balaban J connectivity index is 1.57. The Morgan fingerprint density at radius 3 is 2.29 bits per heavy atom. The Kier molecular flexibility index (Phi) is 7.40. The molecule has 0 aromatic rings. The summed E-state index contributed by atoms with van der Waals surface area (Å²) < 4.78 is 0. The Morgan fingerprint density at radius 1 is 0.952 bits per heavy atom. The van der Waals surface area contributed by atoms with Crippen molar-refractivity contribution in [1.82, 2.24) is 19.6 Å². The van der Waals surface area contributed by atoms with Gasteiger partial charge in [0.15, 0.2) is 0 Å². The van der Waals surface area contributed by atoms with E-state index >= 15 is 0 Å². The zero-order valence-electron chi connectivity index (χ0n) is 14.0. The summed E-state index contributed by atoms with van der Waals surface area (Å²) in [6.07, 6.45) is 3.89. The van der Waals surface area contributed by atoms with Crippen molar-refractivity contribution in [2.45, 2.75) is 25.4 Å². The van der Waals surface area contributed by atoms with Crippen LogP contribution >= 0.6 is 0 Å². The first-order chi connectivity index (χ1) is 10.1. The van der Waals surface area contributed by atoms with Gasteiger partial charge in [-0.2, -0.15) is 0 Å². The van der Waals surface area contributed by atoms with Gasteiger partial charge in [-0.1, -0.05) is 6.42 Å². The third-order valence-electron chi connectivity index (χ3n) is 4.83. The first-order valence-electron chi connectivity index (χ1n) is 8.63. The average Bonchev–Trinajstić information content (AvgIpc) is 2.48. The molecule has 0 aliphatic carbocycles. The molecule has 21 heavy (non-hydrogen) atoms. The summed E-state index contributed by atoms with van der Waals surface area (Å²) in [4.78, 5) is 9.60. The van der Waals surface area contributed by atoms with E-state index in [1.54, 1.807) is 0 Å². The largest absolute Gasteiger partial charge is 0.390 e. The highest BCUT2D eigenvalue weighted by molar-refractivity contribution is 4.74. The number of likely N-dealkylation sites (N-methyl/N-ethyl adjacent to an activating group) is 2. The smallest absolute Gasteiger partial charge is 0.0793 e. The number of aliphatic hydroxyl groups excluding tert-OH is 1. The second-order valence-electron chi connectivity index (χ2n) is 6.92. The molecule has 0 amide bonds. The van der Waals surface area contributed by atoms with Gasteiger partial charge < -0.3 is 19.8 Å². The fourth-order valence-corrected chi connectivity index (χ4v) is 3.33. The summed E-state index contributed by atoms with van der Waals surface area (Å²) in [5.41, 5.74) is 0. The molecular formula is C16H34N4O. The Bertz CT molecular complexity index is 275. The first-order valence-corrected chi connectivity index (χ1v) is 8.63. The molecule has 0 aromatic carbocycles. The molecule has 2 rings (SSSR count). The highest BCUT2D eigenvalue weighted by atomic mass is 16.3. The van der Waals surface area contributed by atoms with Gasteiger partial charge in [-0.3, -0.25) is 4.90 Å². The van der Waals surface area contributed by atoms with Crippen LogP contribution < -0.4 is 0 Å². The van der Waals surface area contributed by atoms with Crippen molar-refractivity contribution in [2.75, 3.05) is 79.5 Å². The maximum atomic E-state index is 10.3. The van der Waals surface area contributed by atoms with E-state index in [2.05, 4.69) is 33.7 Å². The molecule has 2 saturated heterocycles. The van der Waals surface area contributed by atoms with E-state index in [1.807, 2.05) is 0 Å². The second kappa shape index (κ2) is 9.06. The third kappa shape index (κ3) is 6.61. The Hall–Kier alpha value is -0.200. The van der Waals surface area contributed by atoms with Crippen molar-refractivity contribution >= 4 is 0 Å². The van der Waals surface area contributed by atoms with Gasteiger partial charge in [0.2, 0.25) is 0 Å². The van der Waals surface area contributed by atoms with Crippen molar-refractivity contribution < 1.29 is 5.11 Å². The van der Waals surface area contributed by atoms with E-state index in [4.69, 9.17) is 0 Å². The molecule has 0 saturated carbocycles. The molecule has 0 aromatic heterocycles. The molecule has 0 bridgehead atoms. The van der Waals surface area contributed by atoms with E-state index in [1.165, 1.54) is 32.4 Å². The standard InChI is InChI=1S/C16H34N4O/c1-17-8-12-20(13-9-17)15-16(21)14-18(2)10-11-19-6-4-3-5-7-19/h16,21H,3-15H2,1-2H3. The van der Waals surface area contributed by atoms with E-state index in [-0.39, 0.29) is 6.10 Å². The summed E-state index contributed by atoms with van der Waals surface area (Å²) in [6, 6.07) is 0. The van der Waals surface area contributed by atoms with Gasteiger partial charge in [0.05, 0.1) is 6.10 Å². The number of hydrogen-bond acceptors (Lipinski definition) is 5. The molecule has 2 aliphatic heterocycles. The first kappa shape index (κ1) is 17.2. The van der Waals surface area contributed by atoms with Crippen LogP contribution in [0.15, 0.2) is 0 Å². The average molecular weight is 298 g/mol. The van der Waals surface area contributed by atoms with Crippen molar-refractivity contribution in [1.29, 1.82) is 0 Å². The highest BCUT2D eigenvalue weighted by Gasteiger charge is 2.18. The molecule has 5 nitrogen and oxygen atoms in total. The zero-order chi connectivity index (χ0) is 15.1. The van der Waals surface area contributed by atoms with Crippen LogP contribution in [0.3, 0.4) is 0 Å². The predicted octanol–water partition coefficient (Wildman–Crippen LogP) is 0.0124. The fraction of sp³-hybridized carbons (Fsp3) is 1.00. The van der Waals surface area contributed by atoms with Crippen molar-refractivity contribution in [3.63, 3.8) is 0 Å². The number of β-amino-alcohol motifs (C(OH)–C–C–N with tert-alkyl or cyclic N) is 1. The zero-order valence-corrected chi connectivity index (χ0v) is 14.0. The molecule has 1 unspecified atom stereocenters. The van der Waals surface area contributed by atoms with Gasteiger partial charge in [0.25, 0.3) is 0 Å². The quantitative estimate of drug-likeness (QED) is 0.716. The van der Waals surface area contributed by atoms with Crippen molar-refractivity contribution in [3.8, 4) is 0 Å². The van der Waals surface area contributed by atoms with Crippen molar-refractivity contribution in [3.05, 3.63) is 0 Å². The molecule has 2 fully saturated rings. The van der Waals surface area contributed by atoms with Crippen LogP contribution in [0.2, 0.25) is 0 Å². The summed E-state index contributed by atoms with van der Waals surface area (Å²) in [7, 11) is 4.30. The lowest BCUT2D eigenvalue weighted by Crippen LogP contribution is -2.49. The molecule has 2 aliphatic rings. The lowest BCUT2D eigenvalue weighted by Gasteiger charge is -2.34. The third-order valence-corrected chi connectivity index (χ3v) is 4.83. The van der Waals surface area contributed by atoms with Gasteiger partial charge in [-0.15, -0.1) is 0 Å². The van der Waals surface area contributed by atoms with E-state index < -0.39 is 0 Å². The number of piperazine rings is 1. The second-order valence-corrected chi connectivity index (χ2v) is 6.92. The van der Waals surface area contributed by atoms with Crippen LogP contribution in [0.4, 0.5) is 0 Å². The minimum Gasteiger partial charge on any atom is -0.390 e. The molecule has 2 heterocycles. The van der Waals surface area contributed by atoms with E-state index in [9.17, 15) is 5.11 Å². The van der Waals surface area contributed by atoms with Crippen LogP contribution in [0.1, 0.15) is 19.3 Å². The lowest BCUT2D eigenvalue weighted by atomic mass is 10.1. The molecule has 124 valence electrons. The predicted molar refractivity (Wildman–Crippen MR) is 87.7 cm³/mol. The molecule has 5 heteroatoms. The Labute approximate surface area is 130 Å². The van der Waals surface area contributed by atoms with Crippen LogP contribution in [-0.4, -0.2) is 110 Å².